The smallest absolute Gasteiger partial charge is 0.0589 e. The van der Waals surface area contributed by atoms with E-state index in [4.69, 9.17) is 10.5 Å². The highest BCUT2D eigenvalue weighted by atomic mass is 16.5. The normalized spacial score (nSPS) is 22.6. The van der Waals surface area contributed by atoms with Gasteiger partial charge in [-0.15, -0.1) is 0 Å². The number of ether oxygens (including phenoxy) is 1. The third-order valence-electron chi connectivity index (χ3n) is 5.29. The zero-order valence-electron chi connectivity index (χ0n) is 11.5. The number of nitrogens with zero attached hydrogens (tertiary/aromatic N) is 1. The molecule has 0 saturated heterocycles. The summed E-state index contributed by atoms with van der Waals surface area (Å²) in [4.78, 5) is 2.52. The maximum atomic E-state index is 6.22. The lowest BCUT2D eigenvalue weighted by molar-refractivity contribution is -0.0612. The Hall–Kier alpha value is -0.120. The minimum atomic E-state index is 0.273. The molecule has 0 heterocycles. The van der Waals surface area contributed by atoms with E-state index in [1.807, 2.05) is 0 Å². The molecule has 2 saturated carbocycles. The minimum absolute atomic E-state index is 0.273. The molecule has 0 aliphatic heterocycles. The molecular formula is C14H28N2O. The Morgan fingerprint density at radius 2 is 1.71 bits per heavy atom. The van der Waals surface area contributed by atoms with Crippen molar-refractivity contribution in [1.29, 1.82) is 0 Å². The van der Waals surface area contributed by atoms with E-state index in [9.17, 15) is 0 Å². The number of hydrogen-bond acceptors (Lipinski definition) is 3. The van der Waals surface area contributed by atoms with Crippen molar-refractivity contribution in [2.24, 2.45) is 17.6 Å². The van der Waals surface area contributed by atoms with E-state index in [0.29, 0.717) is 0 Å². The van der Waals surface area contributed by atoms with Gasteiger partial charge in [0.2, 0.25) is 0 Å². The number of hydrogen-bond donors (Lipinski definition) is 1. The van der Waals surface area contributed by atoms with E-state index >= 15 is 0 Å². The van der Waals surface area contributed by atoms with Crippen LogP contribution in [0.2, 0.25) is 0 Å². The summed E-state index contributed by atoms with van der Waals surface area (Å²) in [5.41, 5.74) is 6.49. The molecule has 0 amide bonds. The van der Waals surface area contributed by atoms with E-state index in [0.717, 1.165) is 31.5 Å². The molecule has 2 aliphatic carbocycles. The molecular weight excluding hydrogens is 212 g/mol. The molecule has 2 aliphatic rings. The molecule has 0 aromatic rings. The van der Waals surface area contributed by atoms with Gasteiger partial charge in [0.1, 0.15) is 0 Å². The van der Waals surface area contributed by atoms with Gasteiger partial charge in [0.15, 0.2) is 0 Å². The molecule has 2 rings (SSSR count). The minimum Gasteiger partial charge on any atom is -0.383 e. The second kappa shape index (κ2) is 5.68. The van der Waals surface area contributed by atoms with Gasteiger partial charge in [0.05, 0.1) is 6.61 Å². The van der Waals surface area contributed by atoms with Crippen molar-refractivity contribution in [3.63, 3.8) is 0 Å². The van der Waals surface area contributed by atoms with E-state index in [-0.39, 0.29) is 5.54 Å². The van der Waals surface area contributed by atoms with Gasteiger partial charge in [-0.2, -0.15) is 0 Å². The zero-order chi connectivity index (χ0) is 12.3. The van der Waals surface area contributed by atoms with Gasteiger partial charge in [-0.25, -0.2) is 0 Å². The molecule has 3 heteroatoms. The first-order chi connectivity index (χ1) is 8.25. The summed E-state index contributed by atoms with van der Waals surface area (Å²) in [5, 5.41) is 0. The maximum absolute atomic E-state index is 6.22. The fraction of sp³-hybridized carbons (Fsp3) is 1.00. The van der Waals surface area contributed by atoms with E-state index in [1.54, 1.807) is 7.11 Å². The summed E-state index contributed by atoms with van der Waals surface area (Å²) in [7, 11) is 4.03. The fourth-order valence-corrected chi connectivity index (χ4v) is 3.70. The van der Waals surface area contributed by atoms with E-state index < -0.39 is 0 Å². The second-order valence-electron chi connectivity index (χ2n) is 5.87. The molecule has 100 valence electrons. The Bertz CT molecular complexity index is 222. The van der Waals surface area contributed by atoms with Crippen LogP contribution in [0.25, 0.3) is 0 Å². The number of nitrogens with two attached hydrogens (primary N) is 1. The van der Waals surface area contributed by atoms with Crippen LogP contribution in [0.1, 0.15) is 38.5 Å². The highest BCUT2D eigenvalue weighted by Crippen LogP contribution is 2.49. The first-order valence-electron chi connectivity index (χ1n) is 7.16. The number of rotatable bonds is 7. The lowest BCUT2D eigenvalue weighted by Crippen LogP contribution is -2.65. The van der Waals surface area contributed by atoms with Crippen LogP contribution in [0.5, 0.6) is 0 Å². The Kier molecular flexibility index (Phi) is 4.45. The van der Waals surface area contributed by atoms with Gasteiger partial charge < -0.3 is 10.5 Å². The monoisotopic (exact) mass is 240 g/mol. The molecule has 0 atom stereocenters. The van der Waals surface area contributed by atoms with Crippen molar-refractivity contribution in [2.45, 2.75) is 44.1 Å². The summed E-state index contributed by atoms with van der Waals surface area (Å²) >= 11 is 0. The van der Waals surface area contributed by atoms with Gasteiger partial charge in [0, 0.05) is 25.7 Å². The Morgan fingerprint density at radius 3 is 2.00 bits per heavy atom. The first-order valence-corrected chi connectivity index (χ1v) is 7.16. The molecule has 3 nitrogen and oxygen atoms in total. The fourth-order valence-electron chi connectivity index (χ4n) is 3.70. The van der Waals surface area contributed by atoms with Crippen LogP contribution in [-0.2, 0) is 4.74 Å². The molecule has 0 aromatic carbocycles. The molecule has 0 spiro atoms. The standard InChI is InChI=1S/C14H28N2O/c1-16(9-10-17-2)14(11-15,12-5-3-6-12)13-7-4-8-13/h12-13H,3-11,15H2,1-2H3. The van der Waals surface area contributed by atoms with Crippen molar-refractivity contribution in [3.05, 3.63) is 0 Å². The number of likely N-dealkylation sites (N-methyl/N-ethyl adjacent to an activating group) is 1. The summed E-state index contributed by atoms with van der Waals surface area (Å²) in [5.74, 6) is 1.67. The third-order valence-corrected chi connectivity index (χ3v) is 5.29. The largest absolute Gasteiger partial charge is 0.383 e. The van der Waals surface area contributed by atoms with Crippen molar-refractivity contribution in [1.82, 2.24) is 4.90 Å². The van der Waals surface area contributed by atoms with Crippen LogP contribution in [0, 0.1) is 11.8 Å². The third kappa shape index (κ3) is 2.25. The quantitative estimate of drug-likeness (QED) is 0.738. The average molecular weight is 240 g/mol. The van der Waals surface area contributed by atoms with Crippen LogP contribution in [0.4, 0.5) is 0 Å². The van der Waals surface area contributed by atoms with Crippen molar-refractivity contribution >= 4 is 0 Å². The van der Waals surface area contributed by atoms with Gasteiger partial charge in [-0.05, 0) is 44.6 Å². The Labute approximate surface area is 106 Å². The highest BCUT2D eigenvalue weighted by molar-refractivity contribution is 5.06. The van der Waals surface area contributed by atoms with Crippen molar-refractivity contribution < 1.29 is 4.74 Å². The SMILES string of the molecule is COCCN(C)C(CN)(C1CCC1)C1CCC1. The predicted octanol–water partition coefficient (Wildman–Crippen LogP) is 1.86. The molecule has 0 aromatic heterocycles. The molecule has 0 radical (unpaired) electrons. The van der Waals surface area contributed by atoms with Crippen LogP contribution < -0.4 is 5.73 Å². The Morgan fingerprint density at radius 1 is 1.18 bits per heavy atom. The predicted molar refractivity (Wildman–Crippen MR) is 71.0 cm³/mol. The summed E-state index contributed by atoms with van der Waals surface area (Å²) < 4.78 is 5.23. The zero-order valence-corrected chi connectivity index (χ0v) is 11.5. The summed E-state index contributed by atoms with van der Waals surface area (Å²) in [6.45, 7) is 2.65. The van der Waals surface area contributed by atoms with Gasteiger partial charge in [0.25, 0.3) is 0 Å². The summed E-state index contributed by atoms with van der Waals surface area (Å²) in [6.07, 6.45) is 8.32. The van der Waals surface area contributed by atoms with Gasteiger partial charge in [-0.1, -0.05) is 12.8 Å². The molecule has 2 fully saturated rings. The molecule has 17 heavy (non-hydrogen) atoms. The topological polar surface area (TPSA) is 38.5 Å². The first kappa shape index (κ1) is 13.3. The molecule has 0 unspecified atom stereocenters. The van der Waals surface area contributed by atoms with Crippen LogP contribution in [0.15, 0.2) is 0 Å². The van der Waals surface area contributed by atoms with Crippen LogP contribution >= 0.6 is 0 Å². The van der Waals surface area contributed by atoms with Crippen LogP contribution in [0.3, 0.4) is 0 Å². The van der Waals surface area contributed by atoms with Crippen LogP contribution in [-0.4, -0.2) is 44.3 Å². The second-order valence-corrected chi connectivity index (χ2v) is 5.87. The molecule has 2 N–H and O–H groups in total. The highest BCUT2D eigenvalue weighted by Gasteiger charge is 2.50. The lowest BCUT2D eigenvalue weighted by Gasteiger charge is -2.57. The summed E-state index contributed by atoms with van der Waals surface area (Å²) in [6, 6.07) is 0. The van der Waals surface area contributed by atoms with Crippen molar-refractivity contribution in [2.75, 3.05) is 33.9 Å². The van der Waals surface area contributed by atoms with Crippen molar-refractivity contribution in [3.8, 4) is 0 Å². The number of methoxy groups -OCH3 is 1. The van der Waals surface area contributed by atoms with Gasteiger partial charge in [-0.3, -0.25) is 4.90 Å². The van der Waals surface area contributed by atoms with E-state index in [1.165, 1.54) is 38.5 Å². The lowest BCUT2D eigenvalue weighted by atomic mass is 9.58. The molecule has 0 bridgehead atoms. The maximum Gasteiger partial charge on any atom is 0.0589 e. The van der Waals surface area contributed by atoms with Gasteiger partial charge >= 0.3 is 0 Å². The Balaban J connectivity index is 2.08. The van der Waals surface area contributed by atoms with E-state index in [2.05, 4.69) is 11.9 Å². The average Bonchev–Trinajstić information content (AvgIpc) is 2.19.